The molecular formula is C23H23F3N2O2. The van der Waals surface area contributed by atoms with E-state index >= 15 is 0 Å². The Kier molecular flexibility index (Phi) is 5.30. The number of nitrogens with zero attached hydrogens (tertiary/aromatic N) is 1. The number of carbonyl (C=O) groups is 2. The van der Waals surface area contributed by atoms with Gasteiger partial charge in [-0.3, -0.25) is 9.59 Å². The number of nitrogens with one attached hydrogen (secondary N) is 1. The normalized spacial score (nSPS) is 17.3. The van der Waals surface area contributed by atoms with Crippen LogP contribution in [0.3, 0.4) is 0 Å². The molecule has 1 unspecified atom stereocenters. The zero-order valence-corrected chi connectivity index (χ0v) is 16.6. The number of carbonyl (C=O) groups excluding carboxylic acids is 2. The predicted molar refractivity (Wildman–Crippen MR) is 108 cm³/mol. The molecular weight excluding hydrogens is 393 g/mol. The number of hydrogen-bond donors (Lipinski definition) is 1. The van der Waals surface area contributed by atoms with Crippen LogP contribution in [0.25, 0.3) is 0 Å². The zero-order valence-electron chi connectivity index (χ0n) is 16.6. The van der Waals surface area contributed by atoms with Crippen LogP contribution in [-0.2, 0) is 11.0 Å². The van der Waals surface area contributed by atoms with Crippen LogP contribution in [0.15, 0.2) is 48.5 Å². The molecule has 0 aliphatic heterocycles. The van der Waals surface area contributed by atoms with Gasteiger partial charge < -0.3 is 10.2 Å². The molecule has 0 heterocycles. The maximum Gasteiger partial charge on any atom is 0.416 e. The van der Waals surface area contributed by atoms with Gasteiger partial charge in [0.15, 0.2) is 0 Å². The fourth-order valence-corrected chi connectivity index (χ4v) is 3.58. The van der Waals surface area contributed by atoms with Gasteiger partial charge in [-0.1, -0.05) is 6.07 Å². The first-order valence-corrected chi connectivity index (χ1v) is 10.2. The van der Waals surface area contributed by atoms with Gasteiger partial charge in [0.05, 0.1) is 5.56 Å². The van der Waals surface area contributed by atoms with Crippen molar-refractivity contribution >= 4 is 23.2 Å². The van der Waals surface area contributed by atoms with E-state index in [-0.39, 0.29) is 35.4 Å². The molecule has 7 heteroatoms. The molecule has 1 atom stereocenters. The van der Waals surface area contributed by atoms with Gasteiger partial charge in [-0.2, -0.15) is 13.2 Å². The maximum atomic E-state index is 13.3. The summed E-state index contributed by atoms with van der Waals surface area (Å²) in [6.07, 6.45) is -0.776. The summed E-state index contributed by atoms with van der Waals surface area (Å²) < 4.78 is 39.6. The summed E-state index contributed by atoms with van der Waals surface area (Å²) in [5, 5.41) is 2.82. The van der Waals surface area contributed by atoms with Gasteiger partial charge in [0, 0.05) is 28.9 Å². The molecule has 0 radical (unpaired) electrons. The van der Waals surface area contributed by atoms with Gasteiger partial charge in [0.2, 0.25) is 5.91 Å². The molecule has 2 saturated carbocycles. The van der Waals surface area contributed by atoms with E-state index in [1.165, 1.54) is 17.0 Å². The molecule has 0 bridgehead atoms. The zero-order chi connectivity index (χ0) is 21.5. The summed E-state index contributed by atoms with van der Waals surface area (Å²) in [7, 11) is 0. The van der Waals surface area contributed by atoms with Gasteiger partial charge in [0.25, 0.3) is 5.91 Å². The molecule has 2 aliphatic carbocycles. The smallest absolute Gasteiger partial charge is 0.326 e. The molecule has 0 aromatic heterocycles. The number of benzene rings is 2. The first kappa shape index (κ1) is 20.4. The average Bonchev–Trinajstić information content (AvgIpc) is 3.61. The highest BCUT2D eigenvalue weighted by Crippen LogP contribution is 2.39. The molecule has 4 nitrogen and oxygen atoms in total. The number of amides is 2. The predicted octanol–water partition coefficient (Wildman–Crippen LogP) is 5.50. The molecule has 158 valence electrons. The minimum Gasteiger partial charge on any atom is -0.326 e. The monoisotopic (exact) mass is 416 g/mol. The SMILES string of the molecule is CC(C1CC1)N(C(=O)c1ccc(NC(=O)C2CC2)cc1)c1cccc(C(F)(F)F)c1. The van der Waals surface area contributed by atoms with Crippen LogP contribution in [0.5, 0.6) is 0 Å². The number of anilines is 2. The van der Waals surface area contributed by atoms with E-state index in [9.17, 15) is 22.8 Å². The fraction of sp³-hybridized carbons (Fsp3) is 0.391. The summed E-state index contributed by atoms with van der Waals surface area (Å²) in [4.78, 5) is 26.6. The Morgan fingerprint density at radius 2 is 1.70 bits per heavy atom. The fourth-order valence-electron chi connectivity index (χ4n) is 3.58. The van der Waals surface area contributed by atoms with E-state index in [0.29, 0.717) is 11.3 Å². The Labute approximate surface area is 173 Å². The van der Waals surface area contributed by atoms with E-state index in [1.807, 2.05) is 6.92 Å². The lowest BCUT2D eigenvalue weighted by Gasteiger charge is -2.30. The summed E-state index contributed by atoms with van der Waals surface area (Å²) in [6.45, 7) is 1.88. The van der Waals surface area contributed by atoms with Crippen molar-refractivity contribution in [1.82, 2.24) is 0 Å². The molecule has 0 spiro atoms. The Balaban J connectivity index is 1.59. The molecule has 1 N–H and O–H groups in total. The quantitative estimate of drug-likeness (QED) is 0.676. The van der Waals surface area contributed by atoms with Crippen molar-refractivity contribution in [3.63, 3.8) is 0 Å². The Morgan fingerprint density at radius 3 is 2.27 bits per heavy atom. The average molecular weight is 416 g/mol. The van der Waals surface area contributed by atoms with Crippen molar-refractivity contribution in [3.05, 3.63) is 59.7 Å². The molecule has 2 fully saturated rings. The lowest BCUT2D eigenvalue weighted by atomic mass is 10.1. The lowest BCUT2D eigenvalue weighted by molar-refractivity contribution is -0.137. The molecule has 2 amide bonds. The largest absolute Gasteiger partial charge is 0.416 e. The number of halogens is 3. The highest BCUT2D eigenvalue weighted by Gasteiger charge is 2.37. The second kappa shape index (κ2) is 7.78. The molecule has 2 aromatic rings. The molecule has 4 rings (SSSR count). The third-order valence-corrected chi connectivity index (χ3v) is 5.73. The number of hydrogen-bond acceptors (Lipinski definition) is 2. The van der Waals surface area contributed by atoms with Gasteiger partial charge in [0.1, 0.15) is 0 Å². The van der Waals surface area contributed by atoms with Crippen LogP contribution >= 0.6 is 0 Å². The van der Waals surface area contributed by atoms with Crippen molar-refractivity contribution in [2.75, 3.05) is 10.2 Å². The molecule has 30 heavy (non-hydrogen) atoms. The first-order chi connectivity index (χ1) is 14.2. The maximum absolute atomic E-state index is 13.3. The van der Waals surface area contributed by atoms with E-state index < -0.39 is 11.7 Å². The topological polar surface area (TPSA) is 49.4 Å². The highest BCUT2D eigenvalue weighted by molar-refractivity contribution is 6.07. The van der Waals surface area contributed by atoms with E-state index in [0.717, 1.165) is 37.8 Å². The van der Waals surface area contributed by atoms with E-state index in [4.69, 9.17) is 0 Å². The van der Waals surface area contributed by atoms with Crippen LogP contribution in [0, 0.1) is 11.8 Å². The summed E-state index contributed by atoms with van der Waals surface area (Å²) in [5.41, 5.74) is 0.424. The Morgan fingerprint density at radius 1 is 1.03 bits per heavy atom. The standard InChI is InChI=1S/C23H23F3N2O2/c1-14(15-5-6-15)28(20-4-2-3-18(13-20)23(24,25)26)22(30)17-9-11-19(12-10-17)27-21(29)16-7-8-16/h2-4,9-16H,5-8H2,1H3,(H,27,29). The second-order valence-electron chi connectivity index (χ2n) is 8.14. The minimum absolute atomic E-state index is 0.0259. The van der Waals surface area contributed by atoms with Crippen molar-refractivity contribution in [3.8, 4) is 0 Å². The van der Waals surface area contributed by atoms with Crippen molar-refractivity contribution in [1.29, 1.82) is 0 Å². The summed E-state index contributed by atoms with van der Waals surface area (Å²) in [5.74, 6) is -0.0292. The van der Waals surface area contributed by atoms with Crippen molar-refractivity contribution in [2.45, 2.75) is 44.8 Å². The van der Waals surface area contributed by atoms with E-state index in [2.05, 4.69) is 5.32 Å². The second-order valence-corrected chi connectivity index (χ2v) is 8.14. The van der Waals surface area contributed by atoms with Gasteiger partial charge in [-0.15, -0.1) is 0 Å². The van der Waals surface area contributed by atoms with Crippen LogP contribution in [0.2, 0.25) is 0 Å². The third kappa shape index (κ3) is 4.50. The Hall–Kier alpha value is -2.83. The van der Waals surface area contributed by atoms with E-state index in [1.54, 1.807) is 24.3 Å². The summed E-state index contributed by atoms with van der Waals surface area (Å²) >= 11 is 0. The van der Waals surface area contributed by atoms with Crippen LogP contribution < -0.4 is 10.2 Å². The van der Waals surface area contributed by atoms with Gasteiger partial charge >= 0.3 is 6.18 Å². The Bertz CT molecular complexity index is 948. The van der Waals surface area contributed by atoms with Crippen molar-refractivity contribution < 1.29 is 22.8 Å². The minimum atomic E-state index is -4.48. The lowest BCUT2D eigenvalue weighted by Crippen LogP contribution is -2.40. The number of alkyl halides is 3. The molecule has 0 saturated heterocycles. The van der Waals surface area contributed by atoms with Crippen molar-refractivity contribution in [2.24, 2.45) is 11.8 Å². The third-order valence-electron chi connectivity index (χ3n) is 5.73. The van der Waals surface area contributed by atoms with Gasteiger partial charge in [-0.25, -0.2) is 0 Å². The van der Waals surface area contributed by atoms with Crippen LogP contribution in [0.4, 0.5) is 24.5 Å². The van der Waals surface area contributed by atoms with Crippen LogP contribution in [-0.4, -0.2) is 17.9 Å². The number of rotatable bonds is 6. The molecule has 2 aliphatic rings. The van der Waals surface area contributed by atoms with Gasteiger partial charge in [-0.05, 0) is 81.0 Å². The first-order valence-electron chi connectivity index (χ1n) is 10.2. The molecule has 2 aromatic carbocycles. The van der Waals surface area contributed by atoms with Crippen LogP contribution in [0.1, 0.15) is 48.5 Å². The highest BCUT2D eigenvalue weighted by atomic mass is 19.4. The summed E-state index contributed by atoms with van der Waals surface area (Å²) in [6, 6.07) is 11.2.